The molecule has 3 unspecified atom stereocenters. The molecule has 0 aromatic heterocycles. The average molecular weight is 363 g/mol. The number of rotatable bonds is 7. The number of carbonyl (C=O) groups excluding carboxylic acids is 2. The summed E-state index contributed by atoms with van der Waals surface area (Å²) in [5, 5.41) is 0. The van der Waals surface area contributed by atoms with Gasteiger partial charge in [0.2, 0.25) is 0 Å². The fourth-order valence-electron chi connectivity index (χ4n) is 4.47. The van der Waals surface area contributed by atoms with Gasteiger partial charge in [-0.3, -0.25) is 0 Å². The minimum Gasteiger partial charge on any atom is -0.462 e. The Morgan fingerprint density at radius 2 is 1.92 bits per heavy atom. The number of ether oxygens (including phenoxy) is 2. The normalized spacial score (nSPS) is 29.7. The van der Waals surface area contributed by atoms with E-state index < -0.39 is 0 Å². The van der Waals surface area contributed by atoms with Crippen LogP contribution < -0.4 is 0 Å². The number of carbonyl (C=O) groups is 2. The SMILES string of the molecule is C=C(CC(C)=CC(=O)OCC(C)C)C(=O)OC1CC2CCC1(C)C2(C)C. The van der Waals surface area contributed by atoms with Gasteiger partial charge < -0.3 is 9.47 Å². The van der Waals surface area contributed by atoms with Crippen LogP contribution in [0.5, 0.6) is 0 Å². The van der Waals surface area contributed by atoms with Gasteiger partial charge in [-0.25, -0.2) is 9.59 Å². The van der Waals surface area contributed by atoms with Crippen LogP contribution in [0.3, 0.4) is 0 Å². The summed E-state index contributed by atoms with van der Waals surface area (Å²) in [6, 6.07) is 0. The fourth-order valence-corrected chi connectivity index (χ4v) is 4.47. The molecule has 2 fully saturated rings. The van der Waals surface area contributed by atoms with Gasteiger partial charge in [0.15, 0.2) is 0 Å². The van der Waals surface area contributed by atoms with Crippen molar-refractivity contribution >= 4 is 11.9 Å². The topological polar surface area (TPSA) is 52.6 Å². The van der Waals surface area contributed by atoms with Crippen molar-refractivity contribution in [2.45, 2.75) is 73.3 Å². The van der Waals surface area contributed by atoms with Crippen LogP contribution in [0.15, 0.2) is 23.8 Å². The van der Waals surface area contributed by atoms with Crippen molar-refractivity contribution in [2.75, 3.05) is 6.61 Å². The van der Waals surface area contributed by atoms with Gasteiger partial charge in [0, 0.05) is 23.5 Å². The molecule has 3 atom stereocenters. The lowest BCUT2D eigenvalue weighted by molar-refractivity contribution is -0.152. The fraction of sp³-hybridized carbons (Fsp3) is 0.727. The lowest BCUT2D eigenvalue weighted by atomic mass is 9.70. The van der Waals surface area contributed by atoms with Gasteiger partial charge in [-0.2, -0.15) is 0 Å². The summed E-state index contributed by atoms with van der Waals surface area (Å²) in [5.41, 5.74) is 1.38. The first-order valence-electron chi connectivity index (χ1n) is 9.70. The Hall–Kier alpha value is -1.58. The Bertz CT molecular complexity index is 614. The molecule has 0 heterocycles. The summed E-state index contributed by atoms with van der Waals surface area (Å²) in [4.78, 5) is 24.2. The summed E-state index contributed by atoms with van der Waals surface area (Å²) >= 11 is 0. The molecule has 4 nitrogen and oxygen atoms in total. The van der Waals surface area contributed by atoms with Crippen LogP contribution in [0, 0.1) is 22.7 Å². The van der Waals surface area contributed by atoms with Crippen LogP contribution in [0.4, 0.5) is 0 Å². The van der Waals surface area contributed by atoms with Crippen molar-refractivity contribution < 1.29 is 19.1 Å². The molecule has 2 bridgehead atoms. The molecule has 0 saturated heterocycles. The Morgan fingerprint density at radius 3 is 2.42 bits per heavy atom. The van der Waals surface area contributed by atoms with E-state index in [4.69, 9.17) is 9.47 Å². The van der Waals surface area contributed by atoms with E-state index >= 15 is 0 Å². The number of fused-ring (bicyclic) bond motifs is 2. The molecule has 26 heavy (non-hydrogen) atoms. The Morgan fingerprint density at radius 1 is 1.27 bits per heavy atom. The maximum Gasteiger partial charge on any atom is 0.334 e. The molecule has 4 heteroatoms. The average Bonchev–Trinajstić information content (AvgIpc) is 2.86. The second-order valence-electron chi connectivity index (χ2n) is 9.30. The first kappa shape index (κ1) is 20.7. The van der Waals surface area contributed by atoms with Gasteiger partial charge in [-0.15, -0.1) is 0 Å². The van der Waals surface area contributed by atoms with Gasteiger partial charge in [0.05, 0.1) is 6.61 Å². The van der Waals surface area contributed by atoms with E-state index in [-0.39, 0.29) is 28.9 Å². The zero-order valence-electron chi connectivity index (χ0n) is 17.2. The molecule has 0 N–H and O–H groups in total. The minimum absolute atomic E-state index is 0.0408. The number of esters is 2. The first-order chi connectivity index (χ1) is 12.0. The summed E-state index contributed by atoms with van der Waals surface area (Å²) in [6.07, 6.45) is 4.99. The molecular weight excluding hydrogens is 328 g/mol. The van der Waals surface area contributed by atoms with E-state index in [0.717, 1.165) is 18.4 Å². The Kier molecular flexibility index (Phi) is 6.04. The van der Waals surface area contributed by atoms with E-state index in [1.54, 1.807) is 6.92 Å². The van der Waals surface area contributed by atoms with Gasteiger partial charge in [-0.1, -0.05) is 46.8 Å². The van der Waals surface area contributed by atoms with Crippen LogP contribution in [-0.4, -0.2) is 24.6 Å². The molecule has 2 rings (SSSR count). The van der Waals surface area contributed by atoms with Gasteiger partial charge >= 0.3 is 11.9 Å². The molecule has 2 aliphatic carbocycles. The molecule has 0 spiro atoms. The van der Waals surface area contributed by atoms with Crippen molar-refractivity contribution in [3.8, 4) is 0 Å². The predicted octanol–water partition coefficient (Wildman–Crippen LogP) is 4.84. The monoisotopic (exact) mass is 362 g/mol. The summed E-state index contributed by atoms with van der Waals surface area (Å²) in [5.74, 6) is 0.198. The summed E-state index contributed by atoms with van der Waals surface area (Å²) in [7, 11) is 0. The quantitative estimate of drug-likeness (QED) is 0.480. The van der Waals surface area contributed by atoms with E-state index in [2.05, 4.69) is 27.4 Å². The predicted molar refractivity (Wildman–Crippen MR) is 102 cm³/mol. The van der Waals surface area contributed by atoms with Gasteiger partial charge in [0.1, 0.15) is 6.10 Å². The van der Waals surface area contributed by atoms with Crippen LogP contribution in [0.2, 0.25) is 0 Å². The van der Waals surface area contributed by atoms with Crippen LogP contribution in [0.25, 0.3) is 0 Å². The first-order valence-corrected chi connectivity index (χ1v) is 9.70. The smallest absolute Gasteiger partial charge is 0.334 e. The maximum absolute atomic E-state index is 12.5. The third kappa shape index (κ3) is 4.05. The molecule has 0 radical (unpaired) electrons. The molecule has 146 valence electrons. The number of hydrogen-bond donors (Lipinski definition) is 0. The van der Waals surface area contributed by atoms with Crippen molar-refractivity contribution in [3.63, 3.8) is 0 Å². The lowest BCUT2D eigenvalue weighted by Crippen LogP contribution is -2.38. The highest BCUT2D eigenvalue weighted by atomic mass is 16.5. The molecule has 2 aliphatic rings. The standard InChI is InChI=1S/C22H34O4/c1-14(2)13-25-19(23)11-15(3)10-16(4)20(24)26-18-12-17-8-9-22(18,7)21(17,5)6/h11,14,17-18H,4,8-10,12-13H2,1-3,5-7H3. The molecular formula is C22H34O4. The number of hydrogen-bond acceptors (Lipinski definition) is 4. The highest BCUT2D eigenvalue weighted by Gasteiger charge is 2.62. The Balaban J connectivity index is 1.89. The molecule has 0 aromatic rings. The van der Waals surface area contributed by atoms with Crippen LogP contribution >= 0.6 is 0 Å². The van der Waals surface area contributed by atoms with Crippen molar-refractivity contribution in [1.82, 2.24) is 0 Å². The maximum atomic E-state index is 12.5. The minimum atomic E-state index is -0.375. The molecule has 0 aromatic carbocycles. The third-order valence-corrected chi connectivity index (χ3v) is 6.67. The number of allylic oxidation sites excluding steroid dienone is 1. The second kappa shape index (κ2) is 7.58. The van der Waals surface area contributed by atoms with Crippen molar-refractivity contribution in [1.29, 1.82) is 0 Å². The molecule has 2 saturated carbocycles. The Labute approximate surface area is 158 Å². The highest BCUT2D eigenvalue weighted by Crippen LogP contribution is 2.66. The summed E-state index contributed by atoms with van der Waals surface area (Å²) < 4.78 is 11.0. The second-order valence-corrected chi connectivity index (χ2v) is 9.30. The van der Waals surface area contributed by atoms with E-state index in [9.17, 15) is 9.59 Å². The zero-order chi connectivity index (χ0) is 19.7. The van der Waals surface area contributed by atoms with Crippen molar-refractivity contribution in [2.24, 2.45) is 22.7 Å². The van der Waals surface area contributed by atoms with Gasteiger partial charge in [0.25, 0.3) is 0 Å². The lowest BCUT2D eigenvalue weighted by Gasteiger charge is -2.38. The largest absolute Gasteiger partial charge is 0.462 e. The summed E-state index contributed by atoms with van der Waals surface area (Å²) in [6.45, 7) is 16.9. The van der Waals surface area contributed by atoms with Crippen LogP contribution in [0.1, 0.15) is 67.2 Å². The van der Waals surface area contributed by atoms with Gasteiger partial charge in [-0.05, 0) is 43.4 Å². The van der Waals surface area contributed by atoms with E-state index in [1.165, 1.54) is 12.5 Å². The molecule has 0 amide bonds. The van der Waals surface area contributed by atoms with E-state index in [0.29, 0.717) is 30.4 Å². The zero-order valence-corrected chi connectivity index (χ0v) is 17.2. The molecule has 0 aliphatic heterocycles. The third-order valence-electron chi connectivity index (χ3n) is 6.67. The van der Waals surface area contributed by atoms with Crippen LogP contribution in [-0.2, 0) is 19.1 Å². The highest BCUT2D eigenvalue weighted by molar-refractivity contribution is 5.89. The van der Waals surface area contributed by atoms with Crippen molar-refractivity contribution in [3.05, 3.63) is 23.8 Å². The van der Waals surface area contributed by atoms with E-state index in [1.807, 2.05) is 13.8 Å².